The number of rotatable bonds is 5. The summed E-state index contributed by atoms with van der Waals surface area (Å²) < 4.78 is 27.3. The van der Waals surface area contributed by atoms with Crippen molar-refractivity contribution < 1.29 is 8.42 Å². The summed E-state index contributed by atoms with van der Waals surface area (Å²) in [7, 11) is -3.67. The van der Waals surface area contributed by atoms with Gasteiger partial charge < -0.3 is 5.32 Å². The third-order valence-electron chi connectivity index (χ3n) is 2.96. The fraction of sp³-hybridized carbons (Fsp3) is 0.333. The van der Waals surface area contributed by atoms with Crippen LogP contribution in [0.1, 0.15) is 25.0 Å². The lowest BCUT2D eigenvalue weighted by Crippen LogP contribution is -2.16. The highest BCUT2D eigenvalue weighted by atomic mass is 32.2. The molecule has 0 saturated heterocycles. The summed E-state index contributed by atoms with van der Waals surface area (Å²) in [6.45, 7) is 7.66. The van der Waals surface area contributed by atoms with Gasteiger partial charge in [0.15, 0.2) is 5.82 Å². The first-order chi connectivity index (χ1) is 10.3. The van der Waals surface area contributed by atoms with Gasteiger partial charge in [0.1, 0.15) is 5.82 Å². The molecular formula is C15H20N4O2S. The molecule has 0 atom stereocenters. The number of aryl methyl sites for hydroxylation is 2. The van der Waals surface area contributed by atoms with Crippen LogP contribution in [0.3, 0.4) is 0 Å². The van der Waals surface area contributed by atoms with Gasteiger partial charge in [-0.3, -0.25) is 4.72 Å². The first kappa shape index (κ1) is 16.2. The molecule has 1 heterocycles. The van der Waals surface area contributed by atoms with E-state index in [1.54, 1.807) is 31.2 Å². The quantitative estimate of drug-likeness (QED) is 0.885. The Morgan fingerprint density at radius 2 is 1.64 bits per heavy atom. The molecule has 0 radical (unpaired) electrons. The minimum Gasteiger partial charge on any atom is -0.366 e. The average Bonchev–Trinajstić information content (AvgIpc) is 2.39. The highest BCUT2D eigenvalue weighted by Crippen LogP contribution is 2.19. The lowest BCUT2D eigenvalue weighted by Gasteiger charge is -2.11. The minimum absolute atomic E-state index is 0.189. The number of hydrogen-bond acceptors (Lipinski definition) is 5. The van der Waals surface area contributed by atoms with Crippen molar-refractivity contribution in [1.82, 2.24) is 10.2 Å². The summed E-state index contributed by atoms with van der Waals surface area (Å²) >= 11 is 0. The monoisotopic (exact) mass is 320 g/mol. The molecule has 0 aliphatic heterocycles. The third-order valence-corrected chi connectivity index (χ3v) is 4.47. The summed E-state index contributed by atoms with van der Waals surface area (Å²) in [5, 5.41) is 10.9. The number of nitrogens with zero attached hydrogens (tertiary/aromatic N) is 2. The van der Waals surface area contributed by atoms with Gasteiger partial charge in [-0.25, -0.2) is 8.42 Å². The van der Waals surface area contributed by atoms with Crippen molar-refractivity contribution in [1.29, 1.82) is 0 Å². The van der Waals surface area contributed by atoms with Crippen LogP contribution >= 0.6 is 0 Å². The Morgan fingerprint density at radius 1 is 1.00 bits per heavy atom. The van der Waals surface area contributed by atoms with Crippen molar-refractivity contribution in [3.63, 3.8) is 0 Å². The zero-order valence-electron chi connectivity index (χ0n) is 13.1. The molecule has 118 valence electrons. The van der Waals surface area contributed by atoms with Gasteiger partial charge in [-0.15, -0.1) is 10.2 Å². The van der Waals surface area contributed by atoms with Crippen LogP contribution < -0.4 is 10.0 Å². The maximum absolute atomic E-state index is 12.4. The largest absolute Gasteiger partial charge is 0.366 e. The number of nitrogens with one attached hydrogen (secondary N) is 2. The Bertz CT molecular complexity index is 756. The third kappa shape index (κ3) is 3.94. The molecule has 2 N–H and O–H groups in total. The number of hydrogen-bond donors (Lipinski definition) is 2. The van der Waals surface area contributed by atoms with Crippen molar-refractivity contribution >= 4 is 21.7 Å². The zero-order valence-corrected chi connectivity index (χ0v) is 13.9. The number of sulfonamides is 1. The minimum atomic E-state index is -3.67. The second-order valence-corrected chi connectivity index (χ2v) is 7.13. The normalized spacial score (nSPS) is 11.5. The molecule has 1 aromatic heterocycles. The molecule has 6 nitrogen and oxygen atoms in total. The highest BCUT2D eigenvalue weighted by Gasteiger charge is 2.17. The molecule has 2 aromatic rings. The Balaban J connectivity index is 2.21. The fourth-order valence-electron chi connectivity index (χ4n) is 2.05. The van der Waals surface area contributed by atoms with Crippen molar-refractivity contribution in [2.45, 2.75) is 38.6 Å². The van der Waals surface area contributed by atoms with E-state index in [9.17, 15) is 8.42 Å². The van der Waals surface area contributed by atoms with Gasteiger partial charge in [0.25, 0.3) is 10.0 Å². The molecule has 0 saturated carbocycles. The predicted octanol–water partition coefficient (Wildman–Crippen LogP) is 2.71. The first-order valence-corrected chi connectivity index (χ1v) is 8.46. The van der Waals surface area contributed by atoms with E-state index in [0.29, 0.717) is 11.4 Å². The van der Waals surface area contributed by atoms with Crippen LogP contribution in [-0.4, -0.2) is 24.7 Å². The van der Waals surface area contributed by atoms with Crippen LogP contribution in [0.4, 0.5) is 11.6 Å². The molecule has 22 heavy (non-hydrogen) atoms. The standard InChI is InChI=1S/C15H20N4O2S/c1-10(2)16-14-7-8-15(18-17-14)19-22(20,21)13-6-5-11(3)9-12(13)4/h5-10H,1-4H3,(H,16,17)(H,18,19). The van der Waals surface area contributed by atoms with E-state index >= 15 is 0 Å². The van der Waals surface area contributed by atoms with E-state index in [-0.39, 0.29) is 16.8 Å². The van der Waals surface area contributed by atoms with Crippen LogP contribution in [-0.2, 0) is 10.0 Å². The van der Waals surface area contributed by atoms with Gasteiger partial charge in [-0.1, -0.05) is 17.7 Å². The lowest BCUT2D eigenvalue weighted by molar-refractivity contribution is 0.600. The SMILES string of the molecule is Cc1ccc(S(=O)(=O)Nc2ccc(NC(C)C)nn2)c(C)c1. The molecule has 7 heteroatoms. The second-order valence-electron chi connectivity index (χ2n) is 5.48. The van der Waals surface area contributed by atoms with Gasteiger partial charge in [0, 0.05) is 6.04 Å². The van der Waals surface area contributed by atoms with E-state index in [1.165, 1.54) is 0 Å². The number of benzene rings is 1. The lowest BCUT2D eigenvalue weighted by atomic mass is 10.2. The summed E-state index contributed by atoms with van der Waals surface area (Å²) in [6.07, 6.45) is 0. The van der Waals surface area contributed by atoms with Crippen LogP contribution in [0.2, 0.25) is 0 Å². The highest BCUT2D eigenvalue weighted by molar-refractivity contribution is 7.92. The van der Waals surface area contributed by atoms with Crippen LogP contribution in [0, 0.1) is 13.8 Å². The van der Waals surface area contributed by atoms with Gasteiger partial charge in [-0.2, -0.15) is 0 Å². The molecular weight excluding hydrogens is 300 g/mol. The van der Waals surface area contributed by atoms with Gasteiger partial charge in [0.05, 0.1) is 4.90 Å². The fourth-order valence-corrected chi connectivity index (χ4v) is 3.28. The molecule has 1 aromatic carbocycles. The molecule has 0 aliphatic carbocycles. The predicted molar refractivity (Wildman–Crippen MR) is 87.5 cm³/mol. The maximum Gasteiger partial charge on any atom is 0.263 e. The molecule has 0 fully saturated rings. The Hall–Kier alpha value is -2.15. The van der Waals surface area contributed by atoms with Crippen LogP contribution in [0.15, 0.2) is 35.2 Å². The van der Waals surface area contributed by atoms with Crippen molar-refractivity contribution in [2.75, 3.05) is 10.0 Å². The molecule has 0 spiro atoms. The van der Waals surface area contributed by atoms with E-state index in [0.717, 1.165) is 5.56 Å². The van der Waals surface area contributed by atoms with Crippen molar-refractivity contribution in [3.05, 3.63) is 41.5 Å². The second kappa shape index (κ2) is 6.31. The number of aromatic nitrogens is 2. The van der Waals surface area contributed by atoms with E-state index in [4.69, 9.17) is 0 Å². The summed E-state index contributed by atoms with van der Waals surface area (Å²) in [5.41, 5.74) is 1.71. The topological polar surface area (TPSA) is 84.0 Å². The zero-order chi connectivity index (χ0) is 16.3. The van der Waals surface area contributed by atoms with Crippen LogP contribution in [0.5, 0.6) is 0 Å². The number of anilines is 2. The van der Waals surface area contributed by atoms with Crippen LogP contribution in [0.25, 0.3) is 0 Å². The molecule has 0 unspecified atom stereocenters. The summed E-state index contributed by atoms with van der Waals surface area (Å²) in [5.74, 6) is 0.791. The van der Waals surface area contributed by atoms with Gasteiger partial charge in [-0.05, 0) is 51.5 Å². The first-order valence-electron chi connectivity index (χ1n) is 6.98. The molecule has 2 rings (SSSR count). The van der Waals surface area contributed by atoms with E-state index in [1.807, 2.05) is 26.8 Å². The Kier molecular flexibility index (Phi) is 4.65. The maximum atomic E-state index is 12.4. The van der Waals surface area contributed by atoms with E-state index in [2.05, 4.69) is 20.2 Å². The Labute approximate surface area is 131 Å². The molecule has 0 bridgehead atoms. The molecule has 0 aliphatic rings. The smallest absolute Gasteiger partial charge is 0.263 e. The molecule has 0 amide bonds. The van der Waals surface area contributed by atoms with Gasteiger partial charge in [0.2, 0.25) is 0 Å². The van der Waals surface area contributed by atoms with Crippen molar-refractivity contribution in [2.24, 2.45) is 0 Å². The average molecular weight is 320 g/mol. The van der Waals surface area contributed by atoms with E-state index < -0.39 is 10.0 Å². The summed E-state index contributed by atoms with van der Waals surface area (Å²) in [4.78, 5) is 0.240. The van der Waals surface area contributed by atoms with Gasteiger partial charge >= 0.3 is 0 Å². The Morgan fingerprint density at radius 3 is 2.18 bits per heavy atom. The van der Waals surface area contributed by atoms with Crippen molar-refractivity contribution in [3.8, 4) is 0 Å². The summed E-state index contributed by atoms with van der Waals surface area (Å²) in [6, 6.07) is 8.69.